The minimum absolute atomic E-state index is 0. The van der Waals surface area contributed by atoms with Crippen LogP contribution in [-0.2, 0) is 4.74 Å². The number of halogens is 2. The van der Waals surface area contributed by atoms with Gasteiger partial charge in [0.05, 0.1) is 13.2 Å². The van der Waals surface area contributed by atoms with Gasteiger partial charge in [0.15, 0.2) is 5.96 Å². The van der Waals surface area contributed by atoms with Crippen molar-refractivity contribution in [3.05, 3.63) is 30.1 Å². The van der Waals surface area contributed by atoms with Gasteiger partial charge in [0.2, 0.25) is 0 Å². The van der Waals surface area contributed by atoms with Crippen molar-refractivity contribution < 1.29 is 9.13 Å². The molecule has 134 valence electrons. The molecule has 0 aliphatic carbocycles. The van der Waals surface area contributed by atoms with E-state index in [9.17, 15) is 4.39 Å². The quantitative estimate of drug-likeness (QED) is 0.437. The molecule has 0 radical (unpaired) electrons. The highest BCUT2D eigenvalue weighted by Gasteiger charge is 2.33. The fourth-order valence-corrected chi connectivity index (χ4v) is 3.01. The van der Waals surface area contributed by atoms with Gasteiger partial charge in [-0.2, -0.15) is 0 Å². The molecule has 0 atom stereocenters. The van der Waals surface area contributed by atoms with Crippen molar-refractivity contribution in [1.29, 1.82) is 0 Å². The Morgan fingerprint density at radius 1 is 1.21 bits per heavy atom. The topological polar surface area (TPSA) is 40.1 Å². The number of hydrogen-bond acceptors (Lipinski definition) is 3. The minimum atomic E-state index is -0.189. The molecule has 3 rings (SSSR count). The van der Waals surface area contributed by atoms with E-state index in [0.29, 0.717) is 0 Å². The molecule has 0 unspecified atom stereocenters. The molecule has 1 aromatic carbocycles. The van der Waals surface area contributed by atoms with Gasteiger partial charge >= 0.3 is 0 Å². The highest BCUT2D eigenvalue weighted by Crippen LogP contribution is 2.25. The Kier molecular flexibility index (Phi) is 6.68. The van der Waals surface area contributed by atoms with E-state index in [1.807, 2.05) is 19.2 Å². The molecular weight excluding hydrogens is 422 g/mol. The lowest BCUT2D eigenvalue weighted by Crippen LogP contribution is -2.56. The SMILES string of the molecule is CN=C(NCC1(C)COC1)N1CCN(c2ccc(F)cc2)CC1.I. The zero-order valence-electron chi connectivity index (χ0n) is 14.3. The van der Waals surface area contributed by atoms with Gasteiger partial charge in [-0.05, 0) is 24.3 Å². The van der Waals surface area contributed by atoms with Crippen LogP contribution < -0.4 is 10.2 Å². The zero-order valence-corrected chi connectivity index (χ0v) is 16.6. The predicted octanol–water partition coefficient (Wildman–Crippen LogP) is 2.18. The maximum Gasteiger partial charge on any atom is 0.193 e. The molecular formula is C17H26FIN4O. The lowest BCUT2D eigenvalue weighted by molar-refractivity contribution is -0.0972. The fraction of sp³-hybridized carbons (Fsp3) is 0.588. The van der Waals surface area contributed by atoms with Crippen LogP contribution in [0.4, 0.5) is 10.1 Å². The summed E-state index contributed by atoms with van der Waals surface area (Å²) in [5.41, 5.74) is 1.31. The number of aliphatic imine (C=N–C) groups is 1. The number of hydrogen-bond donors (Lipinski definition) is 1. The Morgan fingerprint density at radius 3 is 2.33 bits per heavy atom. The summed E-state index contributed by atoms with van der Waals surface area (Å²) in [6.07, 6.45) is 0. The maximum absolute atomic E-state index is 13.0. The van der Waals surface area contributed by atoms with Gasteiger partial charge in [0.1, 0.15) is 5.82 Å². The third kappa shape index (κ3) is 4.50. The summed E-state index contributed by atoms with van der Waals surface area (Å²) in [4.78, 5) is 8.97. The van der Waals surface area contributed by atoms with Crippen molar-refractivity contribution >= 4 is 35.6 Å². The van der Waals surface area contributed by atoms with Crippen LogP contribution in [0.25, 0.3) is 0 Å². The lowest BCUT2D eigenvalue weighted by Gasteiger charge is -2.41. The van der Waals surface area contributed by atoms with Crippen LogP contribution in [0.15, 0.2) is 29.3 Å². The molecule has 0 aromatic heterocycles. The average Bonchev–Trinajstić information content (AvgIpc) is 2.55. The van der Waals surface area contributed by atoms with E-state index in [1.54, 1.807) is 0 Å². The average molecular weight is 448 g/mol. The van der Waals surface area contributed by atoms with Gasteiger partial charge in [0, 0.05) is 50.9 Å². The maximum atomic E-state index is 13.0. The van der Waals surface area contributed by atoms with Crippen LogP contribution in [0.5, 0.6) is 0 Å². The Morgan fingerprint density at radius 2 is 1.83 bits per heavy atom. The third-order valence-electron chi connectivity index (χ3n) is 4.56. The molecule has 0 spiro atoms. The monoisotopic (exact) mass is 448 g/mol. The van der Waals surface area contributed by atoms with Crippen LogP contribution in [0.1, 0.15) is 6.92 Å². The van der Waals surface area contributed by atoms with E-state index < -0.39 is 0 Å². The number of anilines is 1. The van der Waals surface area contributed by atoms with Gasteiger partial charge in [-0.1, -0.05) is 6.92 Å². The second-order valence-corrected chi connectivity index (χ2v) is 6.65. The molecule has 7 heteroatoms. The molecule has 24 heavy (non-hydrogen) atoms. The molecule has 2 aliphatic heterocycles. The predicted molar refractivity (Wildman–Crippen MR) is 106 cm³/mol. The number of nitrogens with zero attached hydrogens (tertiary/aromatic N) is 3. The second kappa shape index (κ2) is 8.33. The van der Waals surface area contributed by atoms with E-state index in [-0.39, 0.29) is 35.2 Å². The van der Waals surface area contributed by atoms with Crippen molar-refractivity contribution in [1.82, 2.24) is 10.2 Å². The fourth-order valence-electron chi connectivity index (χ4n) is 3.01. The van der Waals surface area contributed by atoms with Gasteiger partial charge in [-0.15, -0.1) is 24.0 Å². The van der Waals surface area contributed by atoms with Crippen molar-refractivity contribution in [2.45, 2.75) is 6.92 Å². The van der Waals surface area contributed by atoms with Crippen molar-refractivity contribution in [3.63, 3.8) is 0 Å². The number of piperazine rings is 1. The van der Waals surface area contributed by atoms with Crippen molar-refractivity contribution in [3.8, 4) is 0 Å². The summed E-state index contributed by atoms with van der Waals surface area (Å²) in [5, 5.41) is 3.47. The Labute approximate surface area is 160 Å². The smallest absolute Gasteiger partial charge is 0.193 e. The second-order valence-electron chi connectivity index (χ2n) is 6.65. The molecule has 0 saturated carbocycles. The van der Waals surface area contributed by atoms with Gasteiger partial charge in [0.25, 0.3) is 0 Å². The van der Waals surface area contributed by atoms with E-state index in [0.717, 1.165) is 57.6 Å². The molecule has 1 N–H and O–H groups in total. The van der Waals surface area contributed by atoms with Crippen LogP contribution in [0.3, 0.4) is 0 Å². The van der Waals surface area contributed by atoms with E-state index in [4.69, 9.17) is 4.74 Å². The van der Waals surface area contributed by atoms with Gasteiger partial charge < -0.3 is 19.9 Å². The van der Waals surface area contributed by atoms with Crippen molar-refractivity contribution in [2.24, 2.45) is 10.4 Å². The first-order chi connectivity index (χ1) is 11.1. The Bertz CT molecular complexity index is 554. The minimum Gasteiger partial charge on any atom is -0.380 e. The number of benzene rings is 1. The third-order valence-corrected chi connectivity index (χ3v) is 4.56. The molecule has 2 saturated heterocycles. The molecule has 2 aliphatic rings. The number of guanidine groups is 1. The van der Waals surface area contributed by atoms with Crippen LogP contribution >= 0.6 is 24.0 Å². The summed E-state index contributed by atoms with van der Waals surface area (Å²) in [6, 6.07) is 6.72. The normalized spacial score (nSPS) is 20.2. The largest absolute Gasteiger partial charge is 0.380 e. The van der Waals surface area contributed by atoms with Crippen LogP contribution in [-0.4, -0.2) is 63.8 Å². The first-order valence-corrected chi connectivity index (χ1v) is 8.13. The van der Waals surface area contributed by atoms with Crippen LogP contribution in [0.2, 0.25) is 0 Å². The summed E-state index contributed by atoms with van der Waals surface area (Å²) in [6.45, 7) is 8.37. The summed E-state index contributed by atoms with van der Waals surface area (Å²) in [5.74, 6) is 0.766. The highest BCUT2D eigenvalue weighted by molar-refractivity contribution is 14.0. The van der Waals surface area contributed by atoms with Gasteiger partial charge in [-0.25, -0.2) is 4.39 Å². The summed E-state index contributed by atoms with van der Waals surface area (Å²) in [7, 11) is 1.83. The van der Waals surface area contributed by atoms with Gasteiger partial charge in [-0.3, -0.25) is 4.99 Å². The Hall–Kier alpha value is -1.09. The van der Waals surface area contributed by atoms with Crippen LogP contribution in [0, 0.1) is 11.2 Å². The van der Waals surface area contributed by atoms with Crippen molar-refractivity contribution in [2.75, 3.05) is 57.9 Å². The number of nitrogens with one attached hydrogen (secondary N) is 1. The first-order valence-electron chi connectivity index (χ1n) is 8.13. The number of ether oxygens (including phenoxy) is 1. The van der Waals surface area contributed by atoms with E-state index in [2.05, 4.69) is 27.0 Å². The zero-order chi connectivity index (χ0) is 16.3. The first kappa shape index (κ1) is 19.2. The molecule has 2 heterocycles. The standard InChI is InChI=1S/C17H25FN4O.HI/c1-17(12-23-13-17)11-20-16(19-2)22-9-7-21(8-10-22)15-5-3-14(18)4-6-15;/h3-6H,7-13H2,1-2H3,(H,19,20);1H. The molecule has 0 bridgehead atoms. The van der Waals surface area contributed by atoms with E-state index in [1.165, 1.54) is 12.1 Å². The molecule has 2 fully saturated rings. The highest BCUT2D eigenvalue weighted by atomic mass is 127. The summed E-state index contributed by atoms with van der Waals surface area (Å²) < 4.78 is 18.3. The number of rotatable bonds is 3. The summed E-state index contributed by atoms with van der Waals surface area (Å²) >= 11 is 0. The molecule has 0 amide bonds. The Balaban J connectivity index is 0.00000208. The lowest BCUT2D eigenvalue weighted by atomic mass is 9.89. The molecule has 1 aromatic rings. The van der Waals surface area contributed by atoms with E-state index >= 15 is 0 Å². The molecule has 5 nitrogen and oxygen atoms in total.